The van der Waals surface area contributed by atoms with E-state index in [0.29, 0.717) is 36.5 Å². The Hall–Kier alpha value is -3.04. The van der Waals surface area contributed by atoms with Crippen LogP contribution in [0.5, 0.6) is 0 Å². The van der Waals surface area contributed by atoms with Crippen molar-refractivity contribution in [2.24, 2.45) is 0 Å². The van der Waals surface area contributed by atoms with Crippen molar-refractivity contribution >= 4 is 52.8 Å². The summed E-state index contributed by atoms with van der Waals surface area (Å²) in [6.45, 7) is 20.9. The number of Topliss-reactive ketones (excluding diaryl/α,β-unsaturated/α-hetero) is 1. The fraction of sp³-hybridized carbons (Fsp3) is 0.333. The Bertz CT molecular complexity index is 900. The molecule has 0 heterocycles. The molecular weight excluding hydrogens is 494 g/mol. The third-order valence-electron chi connectivity index (χ3n) is 3.89. The van der Waals surface area contributed by atoms with Crippen LogP contribution in [0.3, 0.4) is 0 Å². The number of carbonyl (C=O) groups is 4. The Morgan fingerprint density at radius 1 is 0.833 bits per heavy atom. The fourth-order valence-electron chi connectivity index (χ4n) is 1.93. The van der Waals surface area contributed by atoms with Gasteiger partial charge >= 0.3 is 0 Å². The van der Waals surface area contributed by atoms with E-state index in [1.807, 2.05) is 30.3 Å². The second kappa shape index (κ2) is 22.4. The van der Waals surface area contributed by atoms with Crippen molar-refractivity contribution in [2.45, 2.75) is 27.2 Å². The minimum Gasteiger partial charge on any atom is -0.352 e. The highest BCUT2D eigenvalue weighted by Crippen LogP contribution is 2.24. The number of hydrogen-bond acceptors (Lipinski definition) is 6. The quantitative estimate of drug-likeness (QED) is 0.101. The second-order valence-corrected chi connectivity index (χ2v) is 8.96. The highest BCUT2D eigenvalue weighted by molar-refractivity contribution is 8.08. The molecule has 0 aliphatic rings. The topological polar surface area (TPSA) is 104 Å². The van der Waals surface area contributed by atoms with Gasteiger partial charge in [-0.2, -0.15) is 12.6 Å². The van der Waals surface area contributed by atoms with E-state index in [1.165, 1.54) is 6.92 Å². The fourth-order valence-corrected chi connectivity index (χ4v) is 2.79. The van der Waals surface area contributed by atoms with Crippen molar-refractivity contribution in [1.82, 2.24) is 16.0 Å². The molecule has 0 spiro atoms. The van der Waals surface area contributed by atoms with Crippen LogP contribution in [0.1, 0.15) is 32.8 Å². The smallest absolute Gasteiger partial charge is 0.287 e. The molecule has 0 fully saturated rings. The number of amides is 3. The van der Waals surface area contributed by atoms with Crippen molar-refractivity contribution in [3.8, 4) is 0 Å². The standard InChI is InChI=1S/C14H17NOS.C8H13NO.C5H9NO2S/c1-11(2)14(16)15-9-10-17-12(3)13-7-5-4-6-8-13;1-4-5-6-9-8(10)7(2)3;1-4(7)5(8)6-2-3-9/h4-8H,1,3,9-10H2,2H3,(H,15,16);4H,1-2,5-6H2,3H3,(H,9,10);9H,2-3H2,1H3,(H,6,8). The lowest BCUT2D eigenvalue weighted by atomic mass is 10.2. The molecule has 0 saturated carbocycles. The number of hydrogen-bond donors (Lipinski definition) is 4. The number of thiol groups is 1. The van der Waals surface area contributed by atoms with Gasteiger partial charge in [-0.1, -0.05) is 56.1 Å². The highest BCUT2D eigenvalue weighted by atomic mass is 32.2. The maximum Gasteiger partial charge on any atom is 0.287 e. The van der Waals surface area contributed by atoms with E-state index in [9.17, 15) is 19.2 Å². The van der Waals surface area contributed by atoms with Crippen LogP contribution >= 0.6 is 24.4 Å². The Kier molecular flexibility index (Phi) is 21.9. The number of benzene rings is 1. The number of thioether (sulfide) groups is 1. The molecule has 0 aromatic heterocycles. The van der Waals surface area contributed by atoms with Gasteiger partial charge in [0.1, 0.15) is 0 Å². The Balaban J connectivity index is 0. The zero-order valence-corrected chi connectivity index (χ0v) is 23.2. The summed E-state index contributed by atoms with van der Waals surface area (Å²) >= 11 is 5.48. The molecule has 3 N–H and O–H groups in total. The summed E-state index contributed by atoms with van der Waals surface area (Å²) < 4.78 is 0. The molecule has 3 amide bonds. The van der Waals surface area contributed by atoms with Crippen molar-refractivity contribution in [1.29, 1.82) is 0 Å². The van der Waals surface area contributed by atoms with E-state index in [1.54, 1.807) is 31.7 Å². The van der Waals surface area contributed by atoms with Crippen LogP contribution in [0.25, 0.3) is 4.91 Å². The average Bonchev–Trinajstić information content (AvgIpc) is 2.85. The first-order valence-corrected chi connectivity index (χ1v) is 12.8. The Morgan fingerprint density at radius 3 is 1.78 bits per heavy atom. The van der Waals surface area contributed by atoms with E-state index >= 15 is 0 Å². The van der Waals surface area contributed by atoms with Gasteiger partial charge in [-0.3, -0.25) is 19.2 Å². The molecule has 1 rings (SSSR count). The number of carbonyl (C=O) groups excluding carboxylic acids is 4. The second-order valence-electron chi connectivity index (χ2n) is 7.32. The van der Waals surface area contributed by atoms with Gasteiger partial charge in [0.05, 0.1) is 0 Å². The van der Waals surface area contributed by atoms with Crippen molar-refractivity contribution in [3.05, 3.63) is 79.4 Å². The highest BCUT2D eigenvalue weighted by Gasteiger charge is 2.04. The molecule has 0 unspecified atom stereocenters. The molecule has 9 heteroatoms. The molecule has 0 radical (unpaired) electrons. The summed E-state index contributed by atoms with van der Waals surface area (Å²) in [6, 6.07) is 10.0. The van der Waals surface area contributed by atoms with Crippen LogP contribution in [-0.4, -0.2) is 54.6 Å². The molecule has 0 saturated heterocycles. The minimum absolute atomic E-state index is 0.0816. The van der Waals surface area contributed by atoms with E-state index in [4.69, 9.17) is 0 Å². The zero-order valence-electron chi connectivity index (χ0n) is 21.5. The number of ketones is 1. The van der Waals surface area contributed by atoms with Gasteiger partial charge in [-0.15, -0.1) is 18.3 Å². The zero-order chi connectivity index (χ0) is 27.9. The summed E-state index contributed by atoms with van der Waals surface area (Å²) in [5.74, 6) is 0.199. The minimum atomic E-state index is -0.538. The maximum atomic E-state index is 11.2. The normalized spacial score (nSPS) is 9.11. The van der Waals surface area contributed by atoms with E-state index in [2.05, 4.69) is 54.9 Å². The first kappa shape index (κ1) is 35.1. The van der Waals surface area contributed by atoms with Gasteiger partial charge < -0.3 is 16.0 Å². The van der Waals surface area contributed by atoms with Crippen molar-refractivity contribution in [3.63, 3.8) is 0 Å². The average molecular weight is 534 g/mol. The van der Waals surface area contributed by atoms with Crippen LogP contribution in [0.2, 0.25) is 0 Å². The lowest BCUT2D eigenvalue weighted by molar-refractivity contribution is -0.136. The summed E-state index contributed by atoms with van der Waals surface area (Å²) in [6.07, 6.45) is 2.57. The lowest BCUT2D eigenvalue weighted by Crippen LogP contribution is -2.30. The monoisotopic (exact) mass is 533 g/mol. The van der Waals surface area contributed by atoms with Crippen LogP contribution in [0.15, 0.2) is 73.9 Å². The van der Waals surface area contributed by atoms with E-state index in [-0.39, 0.29) is 11.8 Å². The first-order chi connectivity index (χ1) is 17.0. The van der Waals surface area contributed by atoms with Crippen LogP contribution in [-0.2, 0) is 19.2 Å². The molecule has 1 aromatic rings. The first-order valence-electron chi connectivity index (χ1n) is 11.2. The van der Waals surface area contributed by atoms with Crippen molar-refractivity contribution < 1.29 is 19.2 Å². The molecule has 0 aliphatic carbocycles. The van der Waals surface area contributed by atoms with Crippen molar-refractivity contribution in [2.75, 3.05) is 31.1 Å². The molecule has 0 aliphatic heterocycles. The van der Waals surface area contributed by atoms with E-state index < -0.39 is 11.7 Å². The molecular formula is C27H39N3O4S2. The number of rotatable bonds is 13. The maximum absolute atomic E-state index is 11.2. The lowest BCUT2D eigenvalue weighted by Gasteiger charge is -2.06. The Morgan fingerprint density at radius 2 is 1.33 bits per heavy atom. The third kappa shape index (κ3) is 20.3. The third-order valence-corrected chi connectivity index (χ3v) is 5.10. The Labute approximate surface area is 225 Å². The van der Waals surface area contributed by atoms with Gasteiger partial charge in [0, 0.05) is 54.1 Å². The van der Waals surface area contributed by atoms with E-state index in [0.717, 1.165) is 22.6 Å². The summed E-state index contributed by atoms with van der Waals surface area (Å²) in [5, 5.41) is 7.83. The van der Waals surface area contributed by atoms with Crippen LogP contribution < -0.4 is 16.0 Å². The van der Waals surface area contributed by atoms with Crippen LogP contribution in [0, 0.1) is 0 Å². The summed E-state index contributed by atoms with van der Waals surface area (Å²) in [5.41, 5.74) is 2.21. The molecule has 198 valence electrons. The predicted octanol–water partition coefficient (Wildman–Crippen LogP) is 3.96. The van der Waals surface area contributed by atoms with Gasteiger partial charge in [-0.25, -0.2) is 0 Å². The van der Waals surface area contributed by atoms with Gasteiger partial charge in [-0.05, 0) is 25.8 Å². The van der Waals surface area contributed by atoms with Gasteiger partial charge in [0.15, 0.2) is 0 Å². The summed E-state index contributed by atoms with van der Waals surface area (Å²) in [7, 11) is 0. The molecule has 0 bridgehead atoms. The van der Waals surface area contributed by atoms with Gasteiger partial charge in [0.25, 0.3) is 5.91 Å². The molecule has 0 atom stereocenters. The molecule has 36 heavy (non-hydrogen) atoms. The predicted molar refractivity (Wildman–Crippen MR) is 156 cm³/mol. The largest absolute Gasteiger partial charge is 0.352 e. The SMILES string of the molecule is C=C(C)C(=O)NCCSC(=C)c1ccccc1.C=CCCNC(=O)C(=C)C.CC(=O)C(=O)NCCS. The number of nitrogens with one attached hydrogen (secondary N) is 3. The molecule has 7 nitrogen and oxygen atoms in total. The molecule has 1 aromatic carbocycles. The summed E-state index contributed by atoms with van der Waals surface area (Å²) in [4.78, 5) is 43.6. The van der Waals surface area contributed by atoms with Crippen LogP contribution in [0.4, 0.5) is 0 Å². The van der Waals surface area contributed by atoms with Gasteiger partial charge in [0.2, 0.25) is 17.6 Å².